The zero-order valence-electron chi connectivity index (χ0n) is 19.1. The number of carbonyl (C=O) groups is 1. The number of methoxy groups -OCH3 is 1. The molecule has 0 amide bonds. The van der Waals surface area contributed by atoms with Crippen molar-refractivity contribution >= 4 is 11.4 Å². The first-order valence-electron chi connectivity index (χ1n) is 11.2. The van der Waals surface area contributed by atoms with Crippen LogP contribution in [0, 0.1) is 5.41 Å². The molecule has 0 saturated heterocycles. The molecule has 3 aromatic heterocycles. The van der Waals surface area contributed by atoms with E-state index in [2.05, 4.69) is 28.9 Å². The fourth-order valence-electron chi connectivity index (χ4n) is 4.96. The van der Waals surface area contributed by atoms with E-state index in [0.717, 1.165) is 5.56 Å². The van der Waals surface area contributed by atoms with Crippen LogP contribution in [-0.2, 0) is 4.79 Å². The maximum atomic E-state index is 13.5. The fourth-order valence-corrected chi connectivity index (χ4v) is 4.96. The van der Waals surface area contributed by atoms with Crippen molar-refractivity contribution in [1.29, 1.82) is 0 Å². The van der Waals surface area contributed by atoms with Crippen LogP contribution in [0.15, 0.2) is 66.3 Å². The molecule has 0 spiro atoms. The molecule has 0 radical (unpaired) electrons. The first-order chi connectivity index (χ1) is 16.4. The van der Waals surface area contributed by atoms with Gasteiger partial charge < -0.3 is 9.47 Å². The third-order valence-electron chi connectivity index (χ3n) is 6.41. The summed E-state index contributed by atoms with van der Waals surface area (Å²) in [6, 6.07) is 13.3. The summed E-state index contributed by atoms with van der Waals surface area (Å²) in [6.07, 6.45) is 4.39. The lowest BCUT2D eigenvalue weighted by Gasteiger charge is -2.37. The lowest BCUT2D eigenvalue weighted by Crippen LogP contribution is -2.33. The molecule has 1 atom stereocenters. The molecule has 0 N–H and O–H groups in total. The Hall–Kier alpha value is -4.07. The van der Waals surface area contributed by atoms with Gasteiger partial charge >= 0.3 is 0 Å². The predicted octanol–water partition coefficient (Wildman–Crippen LogP) is 4.36. The van der Waals surface area contributed by atoms with Crippen LogP contribution in [0.25, 0.3) is 17.2 Å². The zero-order chi connectivity index (χ0) is 23.4. The molecule has 170 valence electrons. The fraction of sp³-hybridized carbons (Fsp3) is 0.269. The molecule has 2 aliphatic rings. The van der Waals surface area contributed by atoms with E-state index in [1.54, 1.807) is 24.1 Å². The van der Waals surface area contributed by atoms with Gasteiger partial charge in [-0.2, -0.15) is 0 Å². The van der Waals surface area contributed by atoms with Gasteiger partial charge in [0.05, 0.1) is 18.6 Å². The highest BCUT2D eigenvalue weighted by Crippen LogP contribution is 2.51. The molecule has 4 heterocycles. The number of Topliss-reactive ketones (excluding diaryl/α,β-unsaturated/α-hetero) is 1. The summed E-state index contributed by atoms with van der Waals surface area (Å²) in [4.78, 5) is 27.3. The molecule has 1 aromatic carbocycles. The number of aromatic nitrogens is 5. The predicted molar refractivity (Wildman–Crippen MR) is 125 cm³/mol. The van der Waals surface area contributed by atoms with Gasteiger partial charge in [0.2, 0.25) is 11.7 Å². The van der Waals surface area contributed by atoms with Crippen molar-refractivity contribution in [1.82, 2.24) is 24.6 Å². The second-order valence-electron chi connectivity index (χ2n) is 9.44. The Labute approximate surface area is 196 Å². The lowest BCUT2D eigenvalue weighted by molar-refractivity contribution is -0.118. The highest BCUT2D eigenvalue weighted by molar-refractivity contribution is 6.00. The average molecular weight is 454 g/mol. The Kier molecular flexibility index (Phi) is 4.52. The number of benzene rings is 1. The molecule has 0 saturated carbocycles. The number of rotatable bonds is 3. The second-order valence-corrected chi connectivity index (χ2v) is 9.44. The normalized spacial score (nSPS) is 18.9. The Morgan fingerprint density at radius 3 is 2.71 bits per heavy atom. The maximum Gasteiger partial charge on any atom is 0.228 e. The molecular formula is C26H23N5O3. The van der Waals surface area contributed by atoms with Gasteiger partial charge in [0.15, 0.2) is 11.4 Å². The van der Waals surface area contributed by atoms with Gasteiger partial charge in [-0.3, -0.25) is 9.78 Å². The number of nitrogens with zero attached hydrogens (tertiary/aromatic N) is 5. The van der Waals surface area contributed by atoms with Crippen molar-refractivity contribution in [3.05, 3.63) is 77.4 Å². The summed E-state index contributed by atoms with van der Waals surface area (Å²) in [5, 5.41) is 4.60. The van der Waals surface area contributed by atoms with Crippen molar-refractivity contribution in [2.24, 2.45) is 5.41 Å². The molecule has 6 rings (SSSR count). The molecule has 1 unspecified atom stereocenters. The SMILES string of the molecule is COc1ccccc1C1C2=C(CC(C)(C)CC2=O)Oc2ncn3nc(-c4ccccn4)nc3c21. The van der Waals surface area contributed by atoms with E-state index in [4.69, 9.17) is 14.5 Å². The van der Waals surface area contributed by atoms with Gasteiger partial charge in [0.1, 0.15) is 23.5 Å². The molecule has 8 heteroatoms. The second kappa shape index (κ2) is 7.48. The van der Waals surface area contributed by atoms with Crippen LogP contribution >= 0.6 is 0 Å². The van der Waals surface area contributed by atoms with Crippen LogP contribution in [0.3, 0.4) is 0 Å². The number of carbonyl (C=O) groups excluding carboxylic acids is 1. The summed E-state index contributed by atoms with van der Waals surface area (Å²) in [6.45, 7) is 4.17. The van der Waals surface area contributed by atoms with Gasteiger partial charge in [-0.1, -0.05) is 38.1 Å². The first kappa shape index (κ1) is 20.5. The number of hydrogen-bond acceptors (Lipinski definition) is 7. The summed E-state index contributed by atoms with van der Waals surface area (Å²) in [7, 11) is 1.63. The number of fused-ring (bicyclic) bond motifs is 3. The van der Waals surface area contributed by atoms with Crippen LogP contribution in [-0.4, -0.2) is 37.5 Å². The minimum absolute atomic E-state index is 0.0688. The quantitative estimate of drug-likeness (QED) is 0.455. The van der Waals surface area contributed by atoms with Crippen molar-refractivity contribution in [3.8, 4) is 23.1 Å². The smallest absolute Gasteiger partial charge is 0.228 e. The first-order valence-corrected chi connectivity index (χ1v) is 11.2. The molecule has 4 aromatic rings. The minimum Gasteiger partial charge on any atom is -0.496 e. The highest BCUT2D eigenvalue weighted by atomic mass is 16.5. The van der Waals surface area contributed by atoms with E-state index in [1.807, 2.05) is 42.5 Å². The molecule has 8 nitrogen and oxygen atoms in total. The summed E-state index contributed by atoms with van der Waals surface area (Å²) >= 11 is 0. The number of allylic oxidation sites excluding steroid dienone is 2. The van der Waals surface area contributed by atoms with Crippen molar-refractivity contribution in [2.75, 3.05) is 7.11 Å². The van der Waals surface area contributed by atoms with E-state index in [0.29, 0.717) is 58.5 Å². The molecule has 0 bridgehead atoms. The van der Waals surface area contributed by atoms with E-state index in [-0.39, 0.29) is 11.2 Å². The van der Waals surface area contributed by atoms with Crippen LogP contribution in [0.5, 0.6) is 11.6 Å². The van der Waals surface area contributed by atoms with Crippen LogP contribution < -0.4 is 9.47 Å². The Balaban J connectivity index is 1.63. The monoisotopic (exact) mass is 453 g/mol. The lowest BCUT2D eigenvalue weighted by atomic mass is 9.70. The molecule has 0 fully saturated rings. The van der Waals surface area contributed by atoms with Crippen molar-refractivity contribution < 1.29 is 14.3 Å². The number of pyridine rings is 1. The Morgan fingerprint density at radius 2 is 1.91 bits per heavy atom. The number of ether oxygens (including phenoxy) is 2. The topological polar surface area (TPSA) is 91.5 Å². The van der Waals surface area contributed by atoms with Crippen LogP contribution in [0.4, 0.5) is 0 Å². The number of ketones is 1. The molecule has 1 aliphatic heterocycles. The average Bonchev–Trinajstić information content (AvgIpc) is 3.27. The van der Waals surface area contributed by atoms with Gasteiger partial charge in [-0.25, -0.2) is 14.5 Å². The van der Waals surface area contributed by atoms with E-state index in [1.165, 1.54) is 0 Å². The van der Waals surface area contributed by atoms with Gasteiger partial charge in [-0.15, -0.1) is 5.10 Å². The van der Waals surface area contributed by atoms with E-state index in [9.17, 15) is 4.79 Å². The van der Waals surface area contributed by atoms with Crippen molar-refractivity contribution in [2.45, 2.75) is 32.6 Å². The highest BCUT2D eigenvalue weighted by Gasteiger charge is 2.44. The van der Waals surface area contributed by atoms with Gasteiger partial charge in [0.25, 0.3) is 0 Å². The largest absolute Gasteiger partial charge is 0.496 e. The van der Waals surface area contributed by atoms with Crippen LogP contribution in [0.2, 0.25) is 0 Å². The van der Waals surface area contributed by atoms with Crippen molar-refractivity contribution in [3.63, 3.8) is 0 Å². The number of hydrogen-bond donors (Lipinski definition) is 0. The summed E-state index contributed by atoms with van der Waals surface area (Å²) in [5.41, 5.74) is 3.25. The molecule has 34 heavy (non-hydrogen) atoms. The Morgan fingerprint density at radius 1 is 1.09 bits per heavy atom. The third kappa shape index (κ3) is 3.17. The van der Waals surface area contributed by atoms with Gasteiger partial charge in [-0.05, 0) is 23.6 Å². The minimum atomic E-state index is -0.435. The van der Waals surface area contributed by atoms with Gasteiger partial charge in [0, 0.05) is 30.2 Å². The summed E-state index contributed by atoms with van der Waals surface area (Å²) in [5.74, 6) is 1.91. The van der Waals surface area contributed by atoms with E-state index < -0.39 is 5.92 Å². The molecular weight excluding hydrogens is 430 g/mol. The summed E-state index contributed by atoms with van der Waals surface area (Å²) < 4.78 is 13.6. The standard InChI is InChI=1S/C26H23N5O3/c1-26(2)12-17(32)21-19(13-26)34-25-22(20(21)15-8-4-5-10-18(15)33-3)24-29-23(30-31(24)14-28-25)16-9-6-7-11-27-16/h4-11,14,20H,12-13H2,1-3H3. The van der Waals surface area contributed by atoms with E-state index >= 15 is 0 Å². The molecule has 1 aliphatic carbocycles. The third-order valence-corrected chi connectivity index (χ3v) is 6.41. The zero-order valence-corrected chi connectivity index (χ0v) is 19.1. The maximum absolute atomic E-state index is 13.5. The number of para-hydroxylation sites is 1. The Bertz CT molecular complexity index is 1470. The van der Waals surface area contributed by atoms with Crippen LogP contribution in [0.1, 0.15) is 43.7 Å².